The van der Waals surface area contributed by atoms with Crippen LogP contribution < -0.4 is 14.7 Å². The molecular weight excluding hydrogens is 438 g/mol. The van der Waals surface area contributed by atoms with Crippen LogP contribution in [0.25, 0.3) is 0 Å². The van der Waals surface area contributed by atoms with E-state index in [-0.39, 0.29) is 5.76 Å². The quantitative estimate of drug-likeness (QED) is 0.121. The summed E-state index contributed by atoms with van der Waals surface area (Å²) in [6, 6.07) is 13.8. The van der Waals surface area contributed by atoms with Gasteiger partial charge in [0.25, 0.3) is 0 Å². The standard InChI is InChI=1S/C25H33NO6Si/c1-8-30-21-11-13-22(14-12-21)33(6,7)17-31-26-19(3)20-10-9-18(2)23(15-20)32-24(16-28-4)25(27)29-5/h9-16H,8,17H2,1-7H3. The van der Waals surface area contributed by atoms with E-state index in [0.29, 0.717) is 24.3 Å². The van der Waals surface area contributed by atoms with E-state index >= 15 is 0 Å². The maximum absolute atomic E-state index is 11.9. The van der Waals surface area contributed by atoms with Crippen molar-refractivity contribution >= 4 is 24.9 Å². The fourth-order valence-corrected chi connectivity index (χ4v) is 4.59. The second-order valence-electron chi connectivity index (χ2n) is 8.08. The van der Waals surface area contributed by atoms with Gasteiger partial charge >= 0.3 is 5.97 Å². The van der Waals surface area contributed by atoms with Gasteiger partial charge < -0.3 is 23.8 Å². The fourth-order valence-electron chi connectivity index (χ4n) is 2.97. The molecule has 0 aliphatic carbocycles. The molecule has 178 valence electrons. The third-order valence-corrected chi connectivity index (χ3v) is 7.76. The van der Waals surface area contributed by atoms with Crippen molar-refractivity contribution in [3.8, 4) is 11.5 Å². The Hall–Kier alpha value is -3.26. The predicted molar refractivity (Wildman–Crippen MR) is 132 cm³/mol. The van der Waals surface area contributed by atoms with Crippen LogP contribution in [0.15, 0.2) is 59.6 Å². The van der Waals surface area contributed by atoms with Crippen LogP contribution in [-0.2, 0) is 19.1 Å². The van der Waals surface area contributed by atoms with Gasteiger partial charge in [-0.15, -0.1) is 0 Å². The van der Waals surface area contributed by atoms with E-state index in [1.807, 2.05) is 45.0 Å². The number of benzene rings is 2. The number of hydrogen-bond acceptors (Lipinski definition) is 7. The smallest absolute Gasteiger partial charge is 0.377 e. The summed E-state index contributed by atoms with van der Waals surface area (Å²) in [4.78, 5) is 17.7. The van der Waals surface area contributed by atoms with Crippen molar-refractivity contribution in [2.75, 3.05) is 27.1 Å². The van der Waals surface area contributed by atoms with Crippen molar-refractivity contribution in [2.24, 2.45) is 5.16 Å². The summed E-state index contributed by atoms with van der Waals surface area (Å²) < 4.78 is 20.9. The van der Waals surface area contributed by atoms with Crippen LogP contribution in [0.4, 0.5) is 0 Å². The second kappa shape index (κ2) is 12.1. The van der Waals surface area contributed by atoms with Crippen LogP contribution in [0, 0.1) is 6.92 Å². The third-order valence-electron chi connectivity index (χ3n) is 5.01. The van der Waals surface area contributed by atoms with Gasteiger partial charge in [-0.2, -0.15) is 0 Å². The van der Waals surface area contributed by atoms with Gasteiger partial charge in [0.05, 0.1) is 26.5 Å². The summed E-state index contributed by atoms with van der Waals surface area (Å²) in [7, 11) is 0.872. The van der Waals surface area contributed by atoms with Crippen LogP contribution in [0.2, 0.25) is 13.1 Å². The lowest BCUT2D eigenvalue weighted by atomic mass is 10.1. The Morgan fingerprint density at radius 1 is 1.09 bits per heavy atom. The number of methoxy groups -OCH3 is 2. The van der Waals surface area contributed by atoms with E-state index in [9.17, 15) is 4.79 Å². The molecule has 0 amide bonds. The molecule has 0 spiro atoms. The molecule has 33 heavy (non-hydrogen) atoms. The molecule has 0 N–H and O–H groups in total. The van der Waals surface area contributed by atoms with Crippen LogP contribution in [-0.4, -0.2) is 46.8 Å². The van der Waals surface area contributed by atoms with Gasteiger partial charge in [-0.05, 0) is 44.5 Å². The normalized spacial score (nSPS) is 12.2. The number of carbonyl (C=O) groups excluding carboxylic acids is 1. The largest absolute Gasteiger partial charge is 0.500 e. The Kier molecular flexibility index (Phi) is 9.53. The molecule has 8 heteroatoms. The molecule has 0 unspecified atom stereocenters. The number of rotatable bonds is 11. The summed E-state index contributed by atoms with van der Waals surface area (Å²) in [6.07, 6.45) is 1.74. The number of esters is 1. The average molecular weight is 472 g/mol. The number of hydrogen-bond donors (Lipinski definition) is 0. The minimum Gasteiger partial charge on any atom is -0.500 e. The first-order chi connectivity index (χ1) is 15.7. The minimum absolute atomic E-state index is 0.0470. The molecule has 2 aromatic carbocycles. The topological polar surface area (TPSA) is 75.6 Å². The Bertz CT molecular complexity index is 998. The number of oxime groups is 1. The van der Waals surface area contributed by atoms with Gasteiger partial charge in [-0.1, -0.05) is 47.7 Å². The van der Waals surface area contributed by atoms with Gasteiger partial charge in [0.2, 0.25) is 5.76 Å². The van der Waals surface area contributed by atoms with E-state index < -0.39 is 14.0 Å². The molecule has 0 atom stereocenters. The first kappa shape index (κ1) is 26.0. The lowest BCUT2D eigenvalue weighted by Crippen LogP contribution is -2.46. The van der Waals surface area contributed by atoms with Gasteiger partial charge in [0.1, 0.15) is 32.1 Å². The Morgan fingerprint density at radius 3 is 2.39 bits per heavy atom. The molecule has 0 aliphatic heterocycles. The highest BCUT2D eigenvalue weighted by atomic mass is 28.3. The molecule has 2 rings (SSSR count). The van der Waals surface area contributed by atoms with E-state index in [1.165, 1.54) is 25.7 Å². The molecule has 0 aromatic heterocycles. The highest BCUT2D eigenvalue weighted by molar-refractivity contribution is 6.89. The molecule has 0 radical (unpaired) electrons. The Labute approximate surface area is 197 Å². The Morgan fingerprint density at radius 2 is 1.79 bits per heavy atom. The lowest BCUT2D eigenvalue weighted by Gasteiger charge is -2.21. The average Bonchev–Trinajstić information content (AvgIpc) is 2.80. The first-order valence-corrected chi connectivity index (χ1v) is 13.9. The third kappa shape index (κ3) is 7.39. The number of carbonyl (C=O) groups is 1. The van der Waals surface area contributed by atoms with Crippen molar-refractivity contribution in [3.63, 3.8) is 0 Å². The zero-order chi connectivity index (χ0) is 24.4. The van der Waals surface area contributed by atoms with Gasteiger partial charge in [0, 0.05) is 5.56 Å². The summed E-state index contributed by atoms with van der Waals surface area (Å²) in [5, 5.41) is 5.60. The van der Waals surface area contributed by atoms with Crippen molar-refractivity contribution < 1.29 is 28.6 Å². The van der Waals surface area contributed by atoms with Gasteiger partial charge in [-0.3, -0.25) is 0 Å². The second-order valence-corrected chi connectivity index (χ2v) is 12.7. The van der Waals surface area contributed by atoms with E-state index in [2.05, 4.69) is 30.4 Å². The zero-order valence-electron chi connectivity index (χ0n) is 20.4. The van der Waals surface area contributed by atoms with Gasteiger partial charge in [-0.25, -0.2) is 4.79 Å². The summed E-state index contributed by atoms with van der Waals surface area (Å²) >= 11 is 0. The van der Waals surface area contributed by atoms with E-state index in [1.54, 1.807) is 6.07 Å². The number of aryl methyl sites for hydroxylation is 1. The monoisotopic (exact) mass is 471 g/mol. The van der Waals surface area contributed by atoms with Crippen LogP contribution in [0.5, 0.6) is 11.5 Å². The summed E-state index contributed by atoms with van der Waals surface area (Å²) in [5.41, 5.74) is 2.37. The van der Waals surface area contributed by atoms with E-state index in [4.69, 9.17) is 23.8 Å². The van der Waals surface area contributed by atoms with Crippen LogP contribution in [0.3, 0.4) is 0 Å². The van der Waals surface area contributed by atoms with Gasteiger partial charge in [0.15, 0.2) is 0 Å². The number of nitrogens with zero attached hydrogens (tertiary/aromatic N) is 1. The molecule has 0 bridgehead atoms. The molecular formula is C25H33NO6Si. The summed E-state index contributed by atoms with van der Waals surface area (Å²) in [5.74, 6) is 0.694. The fraction of sp³-hybridized carbons (Fsp3) is 0.360. The summed E-state index contributed by atoms with van der Waals surface area (Å²) in [6.45, 7) is 10.8. The lowest BCUT2D eigenvalue weighted by molar-refractivity contribution is -0.138. The van der Waals surface area contributed by atoms with Crippen molar-refractivity contribution in [1.29, 1.82) is 0 Å². The highest BCUT2D eigenvalue weighted by Gasteiger charge is 2.25. The minimum atomic E-state index is -1.84. The molecule has 0 saturated heterocycles. The maximum atomic E-state index is 11.9. The predicted octanol–water partition coefficient (Wildman–Crippen LogP) is 4.33. The molecule has 0 aliphatic rings. The van der Waals surface area contributed by atoms with Crippen molar-refractivity contribution in [1.82, 2.24) is 0 Å². The van der Waals surface area contributed by atoms with Crippen LogP contribution >= 0.6 is 0 Å². The van der Waals surface area contributed by atoms with Crippen LogP contribution in [0.1, 0.15) is 25.0 Å². The zero-order valence-corrected chi connectivity index (χ0v) is 21.4. The van der Waals surface area contributed by atoms with Crippen molar-refractivity contribution in [2.45, 2.75) is 33.9 Å². The number of ether oxygens (including phenoxy) is 4. The van der Waals surface area contributed by atoms with Crippen molar-refractivity contribution in [3.05, 3.63) is 65.6 Å². The Balaban J connectivity index is 2.11. The SMILES string of the molecule is CCOc1ccc([Si](C)(C)CON=C(C)c2ccc(C)c(OC(=COC)C(=O)OC)c2)cc1. The molecule has 0 heterocycles. The maximum Gasteiger partial charge on any atom is 0.377 e. The molecule has 7 nitrogen and oxygen atoms in total. The molecule has 0 saturated carbocycles. The van der Waals surface area contributed by atoms with E-state index in [0.717, 1.165) is 16.9 Å². The molecule has 2 aromatic rings. The molecule has 0 fully saturated rings. The highest BCUT2D eigenvalue weighted by Crippen LogP contribution is 2.23. The first-order valence-electron chi connectivity index (χ1n) is 10.7.